The lowest BCUT2D eigenvalue weighted by molar-refractivity contribution is -0.393. The minimum Gasteiger partial charge on any atom is -0.272 e. The molecule has 2 aromatic rings. The van der Waals surface area contributed by atoms with Gasteiger partial charge in [0, 0.05) is 23.6 Å². The number of nitro benzene ring substituents is 4. The zero-order valence-electron chi connectivity index (χ0n) is 24.9. The average Bonchev–Trinajstić information content (AvgIpc) is 2.98. The summed E-state index contributed by atoms with van der Waals surface area (Å²) in [5.41, 5.74) is 5.60. The number of rotatable bonds is 21. The summed E-state index contributed by atoms with van der Waals surface area (Å²) in [6.45, 7) is 3.66. The van der Waals surface area contributed by atoms with Crippen molar-refractivity contribution in [3.05, 3.63) is 76.9 Å². The molecule has 0 saturated carbocycles. The number of unbranched alkanes of at least 4 members (excludes halogenated alkanes) is 9. The second-order valence-corrected chi connectivity index (χ2v) is 10.4. The van der Waals surface area contributed by atoms with Gasteiger partial charge >= 0.3 is 11.4 Å². The number of nitrogens with one attached hydrogen (secondary N) is 2. The molecule has 238 valence electrons. The zero-order chi connectivity index (χ0) is 32.5. The van der Waals surface area contributed by atoms with Gasteiger partial charge in [-0.3, -0.25) is 51.3 Å². The first-order valence-electron chi connectivity index (χ1n) is 14.4. The maximum absolute atomic E-state index is 11.2. The van der Waals surface area contributed by atoms with Crippen molar-refractivity contribution in [1.29, 1.82) is 0 Å². The minimum atomic E-state index is -0.681. The van der Waals surface area contributed by atoms with Crippen molar-refractivity contribution >= 4 is 45.5 Å². The van der Waals surface area contributed by atoms with Gasteiger partial charge in [-0.25, -0.2) is 0 Å². The molecule has 0 aliphatic rings. The van der Waals surface area contributed by atoms with E-state index in [2.05, 4.69) is 21.1 Å². The molecule has 16 nitrogen and oxygen atoms in total. The minimum absolute atomic E-state index is 0.105. The molecule has 2 rings (SSSR count). The third kappa shape index (κ3) is 12.5. The highest BCUT2D eigenvalue weighted by molar-refractivity contribution is 5.83. The van der Waals surface area contributed by atoms with E-state index in [0.29, 0.717) is 0 Å². The van der Waals surface area contributed by atoms with E-state index in [1.165, 1.54) is 24.3 Å². The maximum atomic E-state index is 11.2. The number of anilines is 2. The van der Waals surface area contributed by atoms with Gasteiger partial charge in [0.25, 0.3) is 11.4 Å². The summed E-state index contributed by atoms with van der Waals surface area (Å²) in [6.07, 6.45) is 12.4. The Balaban J connectivity index is 1.54. The second-order valence-electron chi connectivity index (χ2n) is 10.4. The molecule has 0 radical (unpaired) electrons. The van der Waals surface area contributed by atoms with Crippen LogP contribution in [-0.2, 0) is 0 Å². The van der Waals surface area contributed by atoms with E-state index in [-0.39, 0.29) is 22.7 Å². The van der Waals surface area contributed by atoms with Crippen molar-refractivity contribution in [3.8, 4) is 0 Å². The molecule has 0 amide bonds. The summed E-state index contributed by atoms with van der Waals surface area (Å²) in [6, 6.07) is 6.78. The third-order valence-corrected chi connectivity index (χ3v) is 6.84. The highest BCUT2D eigenvalue weighted by Gasteiger charge is 2.20. The Morgan fingerprint density at radius 3 is 1.16 bits per heavy atom. The standard InChI is InChI=1S/C28H38N8O8/c1-21(29-31-25-17-15-23(33(37)38)19-27(25)35(41)42)13-11-9-7-5-3-4-6-8-10-12-14-22(2)30-32-26-18-16-24(34(39)40)20-28(26)36(43)44/h15-20,31-32H,3-14H2,1-2H3/b29-21-,30-22+. The van der Waals surface area contributed by atoms with Crippen LogP contribution in [0.25, 0.3) is 0 Å². The summed E-state index contributed by atoms with van der Waals surface area (Å²) >= 11 is 0. The van der Waals surface area contributed by atoms with Gasteiger partial charge in [-0.15, -0.1) is 0 Å². The summed E-state index contributed by atoms with van der Waals surface area (Å²) in [4.78, 5) is 41.4. The van der Waals surface area contributed by atoms with E-state index in [1.807, 2.05) is 13.8 Å². The molecule has 2 N–H and O–H groups in total. The van der Waals surface area contributed by atoms with E-state index in [4.69, 9.17) is 0 Å². The molecule has 0 saturated heterocycles. The quantitative estimate of drug-likeness (QED) is 0.0592. The Morgan fingerprint density at radius 2 is 0.864 bits per heavy atom. The molecule has 44 heavy (non-hydrogen) atoms. The Labute approximate surface area is 254 Å². The molecule has 0 spiro atoms. The monoisotopic (exact) mass is 614 g/mol. The first-order valence-corrected chi connectivity index (χ1v) is 14.4. The van der Waals surface area contributed by atoms with Gasteiger partial charge in [0.05, 0.1) is 31.8 Å². The predicted molar refractivity (Wildman–Crippen MR) is 168 cm³/mol. The van der Waals surface area contributed by atoms with Crippen molar-refractivity contribution in [2.24, 2.45) is 10.2 Å². The van der Waals surface area contributed by atoms with Crippen molar-refractivity contribution < 1.29 is 19.7 Å². The second kappa shape index (κ2) is 18.5. The summed E-state index contributed by atoms with van der Waals surface area (Å²) < 4.78 is 0. The fourth-order valence-corrected chi connectivity index (χ4v) is 4.36. The SMILES string of the molecule is C/C(CCCCCCCCCCCC/C(C)=N/Nc1ccc([N+](=O)[O-])cc1[N+](=O)[O-])=N/Nc1ccc([N+](=O)[O-])cc1[N+](=O)[O-]. The van der Waals surface area contributed by atoms with Crippen LogP contribution in [0.5, 0.6) is 0 Å². The number of hydrogen-bond donors (Lipinski definition) is 2. The smallest absolute Gasteiger partial charge is 0.272 e. The Kier molecular flexibility index (Phi) is 14.8. The van der Waals surface area contributed by atoms with Gasteiger partial charge in [-0.1, -0.05) is 51.4 Å². The van der Waals surface area contributed by atoms with Crippen LogP contribution in [0.1, 0.15) is 90.9 Å². The van der Waals surface area contributed by atoms with Gasteiger partial charge in [-0.2, -0.15) is 10.2 Å². The first kappa shape index (κ1) is 35.2. The van der Waals surface area contributed by atoms with Gasteiger partial charge in [0.2, 0.25) is 0 Å². The number of nitrogens with zero attached hydrogens (tertiary/aromatic N) is 6. The van der Waals surface area contributed by atoms with Crippen LogP contribution >= 0.6 is 0 Å². The fourth-order valence-electron chi connectivity index (χ4n) is 4.36. The summed E-state index contributed by atoms with van der Waals surface area (Å²) in [7, 11) is 0. The molecular weight excluding hydrogens is 576 g/mol. The molecule has 0 bridgehead atoms. The molecule has 0 aromatic heterocycles. The van der Waals surface area contributed by atoms with Crippen molar-refractivity contribution in [3.63, 3.8) is 0 Å². The number of hydrazone groups is 2. The highest BCUT2D eigenvalue weighted by Crippen LogP contribution is 2.30. The number of non-ortho nitro benzene ring substituents is 2. The van der Waals surface area contributed by atoms with E-state index in [9.17, 15) is 40.5 Å². The molecule has 0 aliphatic heterocycles. The first-order chi connectivity index (χ1) is 21.0. The number of hydrogen-bond acceptors (Lipinski definition) is 12. The molecule has 2 aromatic carbocycles. The summed E-state index contributed by atoms with van der Waals surface area (Å²) in [5, 5.41) is 52.5. The molecule has 0 fully saturated rings. The van der Waals surface area contributed by atoms with Crippen LogP contribution in [-0.4, -0.2) is 31.1 Å². The molecular formula is C28H38N8O8. The normalized spacial score (nSPS) is 11.7. The zero-order valence-corrected chi connectivity index (χ0v) is 24.9. The van der Waals surface area contributed by atoms with E-state index >= 15 is 0 Å². The number of nitro groups is 4. The van der Waals surface area contributed by atoms with Crippen LogP contribution in [0, 0.1) is 40.5 Å². The lowest BCUT2D eigenvalue weighted by Gasteiger charge is -2.06. The topological polar surface area (TPSA) is 221 Å². The largest absolute Gasteiger partial charge is 0.301 e. The van der Waals surface area contributed by atoms with Crippen LogP contribution in [0.4, 0.5) is 34.1 Å². The predicted octanol–water partition coefficient (Wildman–Crippen LogP) is 8.28. The van der Waals surface area contributed by atoms with Gasteiger partial charge in [-0.05, 0) is 51.7 Å². The van der Waals surface area contributed by atoms with E-state index in [0.717, 1.165) is 101 Å². The Morgan fingerprint density at radius 1 is 0.545 bits per heavy atom. The van der Waals surface area contributed by atoms with Gasteiger partial charge < -0.3 is 0 Å². The van der Waals surface area contributed by atoms with E-state index < -0.39 is 31.1 Å². The Hall–Kier alpha value is -5.02. The van der Waals surface area contributed by atoms with Crippen LogP contribution in [0.3, 0.4) is 0 Å². The third-order valence-electron chi connectivity index (χ3n) is 6.84. The molecule has 0 unspecified atom stereocenters. The lowest BCUT2D eigenvalue weighted by atomic mass is 10.0. The van der Waals surface area contributed by atoms with Crippen molar-refractivity contribution in [2.75, 3.05) is 10.9 Å². The van der Waals surface area contributed by atoms with Gasteiger partial charge in [0.1, 0.15) is 11.4 Å². The summed E-state index contributed by atoms with van der Waals surface area (Å²) in [5.74, 6) is 0. The van der Waals surface area contributed by atoms with E-state index in [1.54, 1.807) is 0 Å². The van der Waals surface area contributed by atoms with Crippen LogP contribution < -0.4 is 10.9 Å². The average molecular weight is 615 g/mol. The Bertz CT molecular complexity index is 1280. The van der Waals surface area contributed by atoms with Gasteiger partial charge in [0.15, 0.2) is 0 Å². The van der Waals surface area contributed by atoms with Crippen molar-refractivity contribution in [1.82, 2.24) is 0 Å². The maximum Gasteiger partial charge on any atom is 0.301 e. The fraction of sp³-hybridized carbons (Fsp3) is 0.500. The highest BCUT2D eigenvalue weighted by atomic mass is 16.6. The number of benzene rings is 2. The lowest BCUT2D eigenvalue weighted by Crippen LogP contribution is -2.01. The molecule has 16 heteroatoms. The van der Waals surface area contributed by atoms with Crippen LogP contribution in [0.2, 0.25) is 0 Å². The molecule has 0 heterocycles. The van der Waals surface area contributed by atoms with Crippen LogP contribution in [0.15, 0.2) is 46.6 Å². The molecule has 0 atom stereocenters. The van der Waals surface area contributed by atoms with Crippen molar-refractivity contribution in [2.45, 2.75) is 90.9 Å². The molecule has 0 aliphatic carbocycles.